The standard InChI is InChI=1S/C14H18F3N3O.ClH/c1-8-10(3)20(7-6-18-8)13(21)11-4-5-12(14(15,16)17)19-9(11)2;/h4-5,8,10,18H,6-7H2,1-3H3;1H. The second kappa shape index (κ2) is 6.83. The molecule has 2 heterocycles. The summed E-state index contributed by atoms with van der Waals surface area (Å²) in [6, 6.07) is 2.20. The molecule has 2 rings (SSSR count). The lowest BCUT2D eigenvalue weighted by Crippen LogP contribution is -2.57. The van der Waals surface area contributed by atoms with Crippen LogP contribution in [0.15, 0.2) is 12.1 Å². The van der Waals surface area contributed by atoms with E-state index in [2.05, 4.69) is 10.3 Å². The van der Waals surface area contributed by atoms with E-state index in [1.54, 1.807) is 4.90 Å². The molecule has 0 spiro atoms. The highest BCUT2D eigenvalue weighted by atomic mass is 35.5. The molecule has 1 N–H and O–H groups in total. The smallest absolute Gasteiger partial charge is 0.333 e. The Hall–Kier alpha value is -1.34. The van der Waals surface area contributed by atoms with Crippen LogP contribution in [-0.2, 0) is 6.18 Å². The first-order valence-corrected chi connectivity index (χ1v) is 6.81. The number of rotatable bonds is 1. The van der Waals surface area contributed by atoms with Crippen molar-refractivity contribution in [3.05, 3.63) is 29.1 Å². The zero-order valence-electron chi connectivity index (χ0n) is 12.6. The summed E-state index contributed by atoms with van der Waals surface area (Å²) in [5.41, 5.74) is -0.643. The molecule has 1 aromatic rings. The number of hydrogen-bond donors (Lipinski definition) is 1. The van der Waals surface area contributed by atoms with Crippen molar-refractivity contribution in [2.45, 2.75) is 39.0 Å². The third-order valence-electron chi connectivity index (χ3n) is 3.90. The van der Waals surface area contributed by atoms with Gasteiger partial charge in [0.25, 0.3) is 5.91 Å². The normalized spacial score (nSPS) is 22.2. The maximum absolute atomic E-state index is 12.6. The Morgan fingerprint density at radius 2 is 2.00 bits per heavy atom. The average Bonchev–Trinajstić information content (AvgIpc) is 2.40. The van der Waals surface area contributed by atoms with Crippen molar-refractivity contribution in [2.75, 3.05) is 13.1 Å². The summed E-state index contributed by atoms with van der Waals surface area (Å²) >= 11 is 0. The number of piperazine rings is 1. The number of carbonyl (C=O) groups is 1. The van der Waals surface area contributed by atoms with Crippen molar-refractivity contribution >= 4 is 18.3 Å². The number of pyridine rings is 1. The molecule has 0 aliphatic carbocycles. The lowest BCUT2D eigenvalue weighted by atomic mass is 10.0. The minimum Gasteiger partial charge on any atom is -0.333 e. The fraction of sp³-hybridized carbons (Fsp3) is 0.571. The van der Waals surface area contributed by atoms with Crippen LogP contribution < -0.4 is 5.32 Å². The second-order valence-electron chi connectivity index (χ2n) is 5.31. The van der Waals surface area contributed by atoms with E-state index in [0.717, 1.165) is 6.07 Å². The fourth-order valence-corrected chi connectivity index (χ4v) is 2.44. The number of hydrogen-bond acceptors (Lipinski definition) is 3. The highest BCUT2D eigenvalue weighted by Crippen LogP contribution is 2.28. The van der Waals surface area contributed by atoms with Crippen LogP contribution in [0.1, 0.15) is 35.6 Å². The third-order valence-corrected chi connectivity index (χ3v) is 3.90. The van der Waals surface area contributed by atoms with E-state index in [1.807, 2.05) is 13.8 Å². The van der Waals surface area contributed by atoms with Crippen LogP contribution in [-0.4, -0.2) is 41.0 Å². The summed E-state index contributed by atoms with van der Waals surface area (Å²) in [5.74, 6) is -0.269. The van der Waals surface area contributed by atoms with Gasteiger partial charge in [-0.15, -0.1) is 12.4 Å². The Kier molecular flexibility index (Phi) is 5.81. The van der Waals surface area contributed by atoms with Gasteiger partial charge in [-0.1, -0.05) is 0 Å². The summed E-state index contributed by atoms with van der Waals surface area (Å²) in [7, 11) is 0. The predicted octanol–water partition coefficient (Wildman–Crippen LogP) is 2.65. The minimum absolute atomic E-state index is 0. The van der Waals surface area contributed by atoms with Crippen molar-refractivity contribution < 1.29 is 18.0 Å². The molecule has 22 heavy (non-hydrogen) atoms. The quantitative estimate of drug-likeness (QED) is 0.857. The van der Waals surface area contributed by atoms with Crippen LogP contribution in [0.4, 0.5) is 13.2 Å². The number of amides is 1. The van der Waals surface area contributed by atoms with Crippen LogP contribution in [0.5, 0.6) is 0 Å². The lowest BCUT2D eigenvalue weighted by molar-refractivity contribution is -0.141. The number of aromatic nitrogens is 1. The van der Waals surface area contributed by atoms with Crippen LogP contribution in [0.25, 0.3) is 0 Å². The first kappa shape index (κ1) is 18.7. The molecule has 8 heteroatoms. The van der Waals surface area contributed by atoms with E-state index in [4.69, 9.17) is 0 Å². The molecule has 0 saturated carbocycles. The van der Waals surface area contributed by atoms with E-state index < -0.39 is 11.9 Å². The van der Waals surface area contributed by atoms with Gasteiger partial charge >= 0.3 is 6.18 Å². The summed E-state index contributed by atoms with van der Waals surface area (Å²) in [5, 5.41) is 3.25. The maximum Gasteiger partial charge on any atom is 0.433 e. The first-order valence-electron chi connectivity index (χ1n) is 6.81. The van der Waals surface area contributed by atoms with E-state index >= 15 is 0 Å². The minimum atomic E-state index is -4.50. The largest absolute Gasteiger partial charge is 0.433 e. The van der Waals surface area contributed by atoms with E-state index in [-0.39, 0.29) is 41.7 Å². The van der Waals surface area contributed by atoms with Gasteiger partial charge in [0.1, 0.15) is 5.69 Å². The molecule has 2 atom stereocenters. The summed E-state index contributed by atoms with van der Waals surface area (Å²) in [6.45, 7) is 6.53. The molecule has 1 aromatic heterocycles. The Labute approximate surface area is 133 Å². The van der Waals surface area contributed by atoms with Gasteiger partial charge < -0.3 is 10.2 Å². The number of nitrogens with one attached hydrogen (secondary N) is 1. The molecule has 0 radical (unpaired) electrons. The molecule has 1 fully saturated rings. The molecule has 124 valence electrons. The molecule has 4 nitrogen and oxygen atoms in total. The lowest BCUT2D eigenvalue weighted by Gasteiger charge is -2.38. The van der Waals surface area contributed by atoms with Gasteiger partial charge in [0, 0.05) is 25.2 Å². The highest BCUT2D eigenvalue weighted by Gasteiger charge is 2.34. The molecular weight excluding hydrogens is 319 g/mol. The van der Waals surface area contributed by atoms with Crippen LogP contribution in [0.2, 0.25) is 0 Å². The molecule has 1 saturated heterocycles. The number of alkyl halides is 3. The monoisotopic (exact) mass is 337 g/mol. The molecule has 1 aliphatic rings. The summed E-state index contributed by atoms with van der Waals surface area (Å²) in [4.78, 5) is 17.7. The number of carbonyl (C=O) groups excluding carboxylic acids is 1. The van der Waals surface area contributed by atoms with Crippen molar-refractivity contribution in [3.63, 3.8) is 0 Å². The maximum atomic E-state index is 12.6. The number of aryl methyl sites for hydroxylation is 1. The zero-order chi connectivity index (χ0) is 15.8. The van der Waals surface area contributed by atoms with Crippen molar-refractivity contribution in [3.8, 4) is 0 Å². The van der Waals surface area contributed by atoms with Crippen LogP contribution in [0.3, 0.4) is 0 Å². The Bertz CT molecular complexity index is 551. The number of nitrogens with zero attached hydrogens (tertiary/aromatic N) is 2. The summed E-state index contributed by atoms with van der Waals surface area (Å²) in [6.07, 6.45) is -4.50. The number of halogens is 4. The van der Waals surface area contributed by atoms with Gasteiger partial charge in [-0.3, -0.25) is 4.79 Å². The SMILES string of the molecule is Cc1nc(C(F)(F)F)ccc1C(=O)N1CCNC(C)C1C.Cl. The Morgan fingerprint density at radius 1 is 1.36 bits per heavy atom. The molecule has 1 aliphatic heterocycles. The molecule has 0 bridgehead atoms. The topological polar surface area (TPSA) is 45.2 Å². The van der Waals surface area contributed by atoms with E-state index in [1.165, 1.54) is 13.0 Å². The van der Waals surface area contributed by atoms with Crippen molar-refractivity contribution in [1.29, 1.82) is 0 Å². The molecule has 1 amide bonds. The first-order chi connectivity index (χ1) is 9.71. The molecule has 0 aromatic carbocycles. The molecular formula is C14H19ClF3N3O. The van der Waals surface area contributed by atoms with Gasteiger partial charge in [0.05, 0.1) is 11.3 Å². The van der Waals surface area contributed by atoms with Crippen molar-refractivity contribution in [2.24, 2.45) is 0 Å². The van der Waals surface area contributed by atoms with Gasteiger partial charge in [0.15, 0.2) is 0 Å². The molecule has 2 unspecified atom stereocenters. The average molecular weight is 338 g/mol. The Balaban J connectivity index is 0.00000242. The van der Waals surface area contributed by atoms with Gasteiger partial charge in [-0.2, -0.15) is 13.2 Å². The van der Waals surface area contributed by atoms with Crippen LogP contribution >= 0.6 is 12.4 Å². The highest BCUT2D eigenvalue weighted by molar-refractivity contribution is 5.95. The van der Waals surface area contributed by atoms with E-state index in [0.29, 0.717) is 13.1 Å². The van der Waals surface area contributed by atoms with E-state index in [9.17, 15) is 18.0 Å². The predicted molar refractivity (Wildman–Crippen MR) is 79.2 cm³/mol. The van der Waals surface area contributed by atoms with Crippen LogP contribution in [0, 0.1) is 6.92 Å². The second-order valence-corrected chi connectivity index (χ2v) is 5.31. The summed E-state index contributed by atoms with van der Waals surface area (Å²) < 4.78 is 37.8. The third kappa shape index (κ3) is 3.70. The van der Waals surface area contributed by atoms with Crippen molar-refractivity contribution in [1.82, 2.24) is 15.2 Å². The fourth-order valence-electron chi connectivity index (χ4n) is 2.44. The Morgan fingerprint density at radius 3 is 2.55 bits per heavy atom. The van der Waals surface area contributed by atoms with Gasteiger partial charge in [0.2, 0.25) is 0 Å². The zero-order valence-corrected chi connectivity index (χ0v) is 13.4. The van der Waals surface area contributed by atoms with Gasteiger partial charge in [-0.05, 0) is 32.9 Å². The van der Waals surface area contributed by atoms with Gasteiger partial charge in [-0.25, -0.2) is 4.98 Å².